The van der Waals surface area contributed by atoms with Gasteiger partial charge in [-0.25, -0.2) is 4.39 Å². The maximum Gasteiger partial charge on any atom is 0.195 e. The summed E-state index contributed by atoms with van der Waals surface area (Å²) in [5.41, 5.74) is 1.90. The zero-order valence-corrected chi connectivity index (χ0v) is 16.7. The Morgan fingerprint density at radius 3 is 2.46 bits per heavy atom. The molecule has 2 aromatic carbocycles. The highest BCUT2D eigenvalue weighted by molar-refractivity contribution is 7.99. The molecule has 0 spiro atoms. The average molecular weight is 399 g/mol. The van der Waals surface area contributed by atoms with Crippen LogP contribution in [0.5, 0.6) is 11.5 Å². The van der Waals surface area contributed by atoms with Gasteiger partial charge in [-0.05, 0) is 60.7 Å². The Bertz CT molecular complexity index is 955. The monoisotopic (exact) mass is 399 g/mol. The molecule has 0 N–H and O–H groups in total. The van der Waals surface area contributed by atoms with Crippen LogP contribution in [0.3, 0.4) is 0 Å². The molecule has 0 saturated heterocycles. The summed E-state index contributed by atoms with van der Waals surface area (Å²) in [6.07, 6.45) is 3.15. The Hall–Kier alpha value is -2.54. The van der Waals surface area contributed by atoms with E-state index in [0.717, 1.165) is 33.9 Å². The fraction of sp³-hybridized carbons (Fsp3) is 0.333. The van der Waals surface area contributed by atoms with Gasteiger partial charge in [0.2, 0.25) is 0 Å². The lowest BCUT2D eigenvalue weighted by Crippen LogP contribution is -2.04. The number of thioether (sulfide) groups is 1. The van der Waals surface area contributed by atoms with Crippen molar-refractivity contribution < 1.29 is 13.9 Å². The maximum absolute atomic E-state index is 13.4. The summed E-state index contributed by atoms with van der Waals surface area (Å²) in [5.74, 6) is 3.72. The van der Waals surface area contributed by atoms with Gasteiger partial charge in [-0.1, -0.05) is 17.8 Å². The van der Waals surface area contributed by atoms with Gasteiger partial charge in [0.1, 0.15) is 11.6 Å². The molecule has 1 heterocycles. The SMILES string of the molecule is COc1ccc(Cc2nnc(SCC3CC3)n2-c2ccc(F)cc2)cc1OC. The number of hydrogen-bond acceptors (Lipinski definition) is 5. The molecule has 1 fully saturated rings. The Balaban J connectivity index is 1.66. The molecule has 3 aromatic rings. The molecule has 1 aromatic heterocycles. The topological polar surface area (TPSA) is 49.2 Å². The summed E-state index contributed by atoms with van der Waals surface area (Å²) in [4.78, 5) is 0. The lowest BCUT2D eigenvalue weighted by atomic mass is 10.1. The Morgan fingerprint density at radius 2 is 1.79 bits per heavy atom. The minimum absolute atomic E-state index is 0.259. The standard InChI is InChI=1S/C21H22FN3O2S/c1-26-18-10-5-15(11-19(18)27-2)12-20-23-24-21(28-13-14-3-4-14)25(20)17-8-6-16(22)7-9-17/h5-11,14H,3-4,12-13H2,1-2H3. The predicted molar refractivity (Wildman–Crippen MR) is 107 cm³/mol. The predicted octanol–water partition coefficient (Wildman–Crippen LogP) is 4.52. The van der Waals surface area contributed by atoms with Crippen LogP contribution in [-0.4, -0.2) is 34.7 Å². The van der Waals surface area contributed by atoms with E-state index in [0.29, 0.717) is 17.9 Å². The van der Waals surface area contributed by atoms with Crippen LogP contribution in [0.1, 0.15) is 24.2 Å². The lowest BCUT2D eigenvalue weighted by Gasteiger charge is -2.12. The van der Waals surface area contributed by atoms with Gasteiger partial charge >= 0.3 is 0 Å². The summed E-state index contributed by atoms with van der Waals surface area (Å²) < 4.78 is 26.2. The van der Waals surface area contributed by atoms with E-state index in [1.807, 2.05) is 22.8 Å². The normalized spacial score (nSPS) is 13.5. The third-order valence-electron chi connectivity index (χ3n) is 4.74. The van der Waals surface area contributed by atoms with Crippen LogP contribution in [0, 0.1) is 11.7 Å². The zero-order valence-electron chi connectivity index (χ0n) is 15.9. The van der Waals surface area contributed by atoms with Crippen molar-refractivity contribution in [1.29, 1.82) is 0 Å². The maximum atomic E-state index is 13.4. The van der Waals surface area contributed by atoms with Crippen molar-refractivity contribution >= 4 is 11.8 Å². The van der Waals surface area contributed by atoms with Crippen LogP contribution in [-0.2, 0) is 6.42 Å². The van der Waals surface area contributed by atoms with Crippen LogP contribution in [0.4, 0.5) is 4.39 Å². The van der Waals surface area contributed by atoms with E-state index in [2.05, 4.69) is 10.2 Å². The number of nitrogens with zero attached hydrogens (tertiary/aromatic N) is 3. The van der Waals surface area contributed by atoms with Gasteiger partial charge in [0.05, 0.1) is 14.2 Å². The van der Waals surface area contributed by atoms with Gasteiger partial charge in [0, 0.05) is 17.9 Å². The van der Waals surface area contributed by atoms with Crippen molar-refractivity contribution in [2.45, 2.75) is 24.4 Å². The molecule has 0 unspecified atom stereocenters. The third-order valence-corrected chi connectivity index (χ3v) is 5.90. The van der Waals surface area contributed by atoms with Crippen molar-refractivity contribution in [2.24, 2.45) is 5.92 Å². The molecule has 28 heavy (non-hydrogen) atoms. The largest absolute Gasteiger partial charge is 0.493 e. The first-order valence-corrected chi connectivity index (χ1v) is 10.2. The average Bonchev–Trinajstić information content (AvgIpc) is 3.47. The minimum Gasteiger partial charge on any atom is -0.493 e. The van der Waals surface area contributed by atoms with E-state index in [9.17, 15) is 4.39 Å². The van der Waals surface area contributed by atoms with Crippen molar-refractivity contribution in [3.63, 3.8) is 0 Å². The molecular weight excluding hydrogens is 377 g/mol. The molecule has 1 saturated carbocycles. The van der Waals surface area contributed by atoms with Gasteiger partial charge in [-0.15, -0.1) is 10.2 Å². The quantitative estimate of drug-likeness (QED) is 0.522. The smallest absolute Gasteiger partial charge is 0.195 e. The highest BCUT2D eigenvalue weighted by Crippen LogP contribution is 2.35. The first kappa shape index (κ1) is 18.8. The van der Waals surface area contributed by atoms with E-state index in [1.165, 1.54) is 25.0 Å². The third kappa shape index (κ3) is 4.14. The molecule has 0 bridgehead atoms. The number of rotatable bonds is 8. The van der Waals surface area contributed by atoms with E-state index in [4.69, 9.17) is 9.47 Å². The Morgan fingerprint density at radius 1 is 1.04 bits per heavy atom. The highest BCUT2D eigenvalue weighted by atomic mass is 32.2. The molecule has 146 valence electrons. The van der Waals surface area contributed by atoms with E-state index in [1.54, 1.807) is 38.1 Å². The first-order chi connectivity index (χ1) is 13.7. The van der Waals surface area contributed by atoms with Crippen LogP contribution in [0.2, 0.25) is 0 Å². The van der Waals surface area contributed by atoms with Crippen molar-refractivity contribution in [3.05, 3.63) is 59.7 Å². The van der Waals surface area contributed by atoms with E-state index >= 15 is 0 Å². The molecule has 0 atom stereocenters. The fourth-order valence-corrected chi connectivity index (χ4v) is 4.16. The molecule has 0 radical (unpaired) electrons. The number of hydrogen-bond donors (Lipinski definition) is 0. The first-order valence-electron chi connectivity index (χ1n) is 9.22. The summed E-state index contributed by atoms with van der Waals surface area (Å²) in [6.45, 7) is 0. The van der Waals surface area contributed by atoms with Gasteiger partial charge in [0.25, 0.3) is 0 Å². The second-order valence-corrected chi connectivity index (χ2v) is 7.82. The van der Waals surface area contributed by atoms with E-state index < -0.39 is 0 Å². The molecule has 4 rings (SSSR count). The van der Waals surface area contributed by atoms with Crippen LogP contribution >= 0.6 is 11.8 Å². The van der Waals surface area contributed by atoms with Crippen LogP contribution < -0.4 is 9.47 Å². The van der Waals surface area contributed by atoms with Gasteiger partial charge in [0.15, 0.2) is 16.7 Å². The minimum atomic E-state index is -0.259. The Kier molecular flexibility index (Phi) is 5.52. The molecule has 1 aliphatic rings. The number of aromatic nitrogens is 3. The molecule has 1 aliphatic carbocycles. The van der Waals surface area contributed by atoms with Crippen LogP contribution in [0.15, 0.2) is 47.6 Å². The fourth-order valence-electron chi connectivity index (χ4n) is 3.01. The molecular formula is C21H22FN3O2S. The summed E-state index contributed by atoms with van der Waals surface area (Å²) >= 11 is 1.71. The second kappa shape index (κ2) is 8.22. The van der Waals surface area contributed by atoms with Crippen molar-refractivity contribution in [1.82, 2.24) is 14.8 Å². The number of benzene rings is 2. The van der Waals surface area contributed by atoms with Crippen LogP contribution in [0.25, 0.3) is 5.69 Å². The summed E-state index contributed by atoms with van der Waals surface area (Å²) in [7, 11) is 3.24. The summed E-state index contributed by atoms with van der Waals surface area (Å²) in [6, 6.07) is 12.3. The molecule has 0 amide bonds. The van der Waals surface area contributed by atoms with Crippen molar-refractivity contribution in [2.75, 3.05) is 20.0 Å². The number of methoxy groups -OCH3 is 2. The molecule has 7 heteroatoms. The highest BCUT2D eigenvalue weighted by Gasteiger charge is 2.23. The molecule has 5 nitrogen and oxygen atoms in total. The zero-order chi connectivity index (χ0) is 19.5. The van der Waals surface area contributed by atoms with Gasteiger partial charge in [-0.2, -0.15) is 0 Å². The Labute approximate surface area is 167 Å². The number of ether oxygens (including phenoxy) is 2. The molecule has 0 aliphatic heterocycles. The van der Waals surface area contributed by atoms with E-state index in [-0.39, 0.29) is 5.82 Å². The van der Waals surface area contributed by atoms with Crippen molar-refractivity contribution in [3.8, 4) is 17.2 Å². The summed E-state index contributed by atoms with van der Waals surface area (Å²) in [5, 5.41) is 9.69. The van der Waals surface area contributed by atoms with Gasteiger partial charge < -0.3 is 9.47 Å². The second-order valence-electron chi connectivity index (χ2n) is 6.83. The van der Waals surface area contributed by atoms with Gasteiger partial charge in [-0.3, -0.25) is 4.57 Å². The lowest BCUT2D eigenvalue weighted by molar-refractivity contribution is 0.354. The number of halogens is 1.